The van der Waals surface area contributed by atoms with Crippen molar-refractivity contribution in [3.05, 3.63) is 57.9 Å². The molecule has 0 atom stereocenters. The predicted octanol–water partition coefficient (Wildman–Crippen LogP) is 3.90. The molecule has 0 spiro atoms. The Labute approximate surface area is 118 Å². The van der Waals surface area contributed by atoms with Gasteiger partial charge in [-0.25, -0.2) is 0 Å². The number of halogens is 2. The summed E-state index contributed by atoms with van der Waals surface area (Å²) in [4.78, 5) is 4.28. The van der Waals surface area contributed by atoms with Crippen molar-refractivity contribution < 1.29 is 0 Å². The molecule has 0 saturated heterocycles. The summed E-state index contributed by atoms with van der Waals surface area (Å²) in [6, 6.07) is 9.71. The average Bonchev–Trinajstić information content (AvgIpc) is 2.72. The van der Waals surface area contributed by atoms with Crippen LogP contribution in [0.15, 0.2) is 47.2 Å². The standard InChI is InChI=1S/C13H9BrClN3/c14-10-1-2-13-9(5-10)7-17-18(13)8-12-6-11(15)3-4-16-12/h1-7H,8H2. The average molecular weight is 323 g/mol. The topological polar surface area (TPSA) is 30.7 Å². The normalized spacial score (nSPS) is 11.0. The van der Waals surface area contributed by atoms with Gasteiger partial charge in [-0.15, -0.1) is 0 Å². The van der Waals surface area contributed by atoms with E-state index in [9.17, 15) is 0 Å². The van der Waals surface area contributed by atoms with Crippen molar-refractivity contribution >= 4 is 38.4 Å². The molecule has 3 nitrogen and oxygen atoms in total. The number of fused-ring (bicyclic) bond motifs is 1. The lowest BCUT2D eigenvalue weighted by atomic mass is 10.2. The van der Waals surface area contributed by atoms with Crippen LogP contribution in [0.1, 0.15) is 5.69 Å². The van der Waals surface area contributed by atoms with E-state index < -0.39 is 0 Å². The Balaban J connectivity index is 2.00. The van der Waals surface area contributed by atoms with Crippen molar-refractivity contribution in [2.75, 3.05) is 0 Å². The van der Waals surface area contributed by atoms with Crippen molar-refractivity contribution in [1.29, 1.82) is 0 Å². The first-order valence-electron chi connectivity index (χ1n) is 5.44. The van der Waals surface area contributed by atoms with Crippen molar-refractivity contribution in [2.24, 2.45) is 0 Å². The number of hydrogen-bond donors (Lipinski definition) is 0. The molecule has 5 heteroatoms. The van der Waals surface area contributed by atoms with Gasteiger partial charge in [0.05, 0.1) is 24.0 Å². The predicted molar refractivity (Wildman–Crippen MR) is 75.8 cm³/mol. The molecule has 3 rings (SSSR count). The van der Waals surface area contributed by atoms with E-state index >= 15 is 0 Å². The largest absolute Gasteiger partial charge is 0.259 e. The maximum absolute atomic E-state index is 5.95. The second kappa shape index (κ2) is 4.71. The van der Waals surface area contributed by atoms with Crippen LogP contribution in [-0.2, 0) is 6.54 Å². The molecule has 0 bridgehead atoms. The van der Waals surface area contributed by atoms with Gasteiger partial charge in [0.25, 0.3) is 0 Å². The summed E-state index contributed by atoms with van der Waals surface area (Å²) in [5.41, 5.74) is 1.98. The lowest BCUT2D eigenvalue weighted by Gasteiger charge is -2.03. The molecule has 0 amide bonds. The van der Waals surface area contributed by atoms with Crippen LogP contribution >= 0.6 is 27.5 Å². The van der Waals surface area contributed by atoms with Crippen molar-refractivity contribution in [2.45, 2.75) is 6.54 Å². The number of aromatic nitrogens is 3. The third-order valence-corrected chi connectivity index (χ3v) is 3.42. The minimum atomic E-state index is 0.617. The quantitative estimate of drug-likeness (QED) is 0.716. The fourth-order valence-electron chi connectivity index (χ4n) is 1.87. The molecule has 2 heterocycles. The van der Waals surface area contributed by atoms with Gasteiger partial charge in [0.2, 0.25) is 0 Å². The Morgan fingerprint density at radius 1 is 1.22 bits per heavy atom. The zero-order valence-electron chi connectivity index (χ0n) is 9.35. The first-order valence-corrected chi connectivity index (χ1v) is 6.61. The molecular formula is C13H9BrClN3. The highest BCUT2D eigenvalue weighted by Gasteiger charge is 2.04. The zero-order chi connectivity index (χ0) is 12.5. The maximum atomic E-state index is 5.95. The smallest absolute Gasteiger partial charge is 0.0839 e. The summed E-state index contributed by atoms with van der Waals surface area (Å²) in [5.74, 6) is 0. The Morgan fingerprint density at radius 2 is 2.11 bits per heavy atom. The Hall–Kier alpha value is -1.39. The van der Waals surface area contributed by atoms with Crippen LogP contribution < -0.4 is 0 Å². The fourth-order valence-corrected chi connectivity index (χ4v) is 2.43. The summed E-state index contributed by atoms with van der Waals surface area (Å²) in [7, 11) is 0. The number of benzene rings is 1. The molecular weight excluding hydrogens is 314 g/mol. The molecule has 90 valence electrons. The highest BCUT2D eigenvalue weighted by Crippen LogP contribution is 2.20. The Kier molecular flexibility index (Phi) is 3.06. The zero-order valence-corrected chi connectivity index (χ0v) is 11.7. The van der Waals surface area contributed by atoms with Crippen LogP contribution in [0.5, 0.6) is 0 Å². The lowest BCUT2D eigenvalue weighted by molar-refractivity contribution is 0.696. The molecule has 1 aromatic carbocycles. The van der Waals surface area contributed by atoms with Gasteiger partial charge in [0.1, 0.15) is 0 Å². The van der Waals surface area contributed by atoms with Crippen LogP contribution in [0.25, 0.3) is 10.9 Å². The SMILES string of the molecule is Clc1ccnc(Cn2ncc3cc(Br)ccc32)c1. The summed E-state index contributed by atoms with van der Waals surface area (Å²) in [6.45, 7) is 0.617. The van der Waals surface area contributed by atoms with Crippen LogP contribution in [-0.4, -0.2) is 14.8 Å². The van der Waals surface area contributed by atoms with Crippen LogP contribution in [0.2, 0.25) is 5.02 Å². The monoisotopic (exact) mass is 321 g/mol. The second-order valence-electron chi connectivity index (χ2n) is 3.97. The first kappa shape index (κ1) is 11.7. The third-order valence-electron chi connectivity index (χ3n) is 2.69. The summed E-state index contributed by atoms with van der Waals surface area (Å²) >= 11 is 9.40. The highest BCUT2D eigenvalue weighted by molar-refractivity contribution is 9.10. The van der Waals surface area contributed by atoms with Gasteiger partial charge in [-0.1, -0.05) is 27.5 Å². The molecule has 0 aliphatic carbocycles. The highest BCUT2D eigenvalue weighted by atomic mass is 79.9. The van der Waals surface area contributed by atoms with E-state index in [0.717, 1.165) is 21.1 Å². The van der Waals surface area contributed by atoms with Crippen molar-refractivity contribution in [1.82, 2.24) is 14.8 Å². The number of rotatable bonds is 2. The lowest BCUT2D eigenvalue weighted by Crippen LogP contribution is -2.02. The molecule has 0 saturated carbocycles. The van der Waals surface area contributed by atoms with E-state index in [-0.39, 0.29) is 0 Å². The molecule has 3 aromatic rings. The van der Waals surface area contributed by atoms with E-state index in [4.69, 9.17) is 11.6 Å². The number of hydrogen-bond acceptors (Lipinski definition) is 2. The Bertz CT molecular complexity index is 708. The van der Waals surface area contributed by atoms with E-state index in [1.165, 1.54) is 0 Å². The van der Waals surface area contributed by atoms with E-state index in [0.29, 0.717) is 11.6 Å². The van der Waals surface area contributed by atoms with E-state index in [1.807, 2.05) is 35.1 Å². The minimum absolute atomic E-state index is 0.617. The van der Waals surface area contributed by atoms with Gasteiger partial charge in [-0.05, 0) is 30.3 Å². The van der Waals surface area contributed by atoms with Crippen LogP contribution in [0.4, 0.5) is 0 Å². The second-order valence-corrected chi connectivity index (χ2v) is 5.32. The van der Waals surface area contributed by atoms with Gasteiger partial charge in [0, 0.05) is 21.1 Å². The molecule has 0 N–H and O–H groups in total. The Morgan fingerprint density at radius 3 is 2.94 bits per heavy atom. The first-order chi connectivity index (χ1) is 8.72. The van der Waals surface area contributed by atoms with Crippen molar-refractivity contribution in [3.8, 4) is 0 Å². The molecule has 0 aliphatic rings. The van der Waals surface area contributed by atoms with Gasteiger partial charge in [-0.2, -0.15) is 5.10 Å². The van der Waals surface area contributed by atoms with Gasteiger partial charge < -0.3 is 0 Å². The molecule has 0 fully saturated rings. The number of nitrogens with zero attached hydrogens (tertiary/aromatic N) is 3. The minimum Gasteiger partial charge on any atom is -0.259 e. The van der Waals surface area contributed by atoms with Crippen molar-refractivity contribution in [3.63, 3.8) is 0 Å². The molecule has 0 aliphatic heterocycles. The summed E-state index contributed by atoms with van der Waals surface area (Å²) < 4.78 is 2.97. The summed E-state index contributed by atoms with van der Waals surface area (Å²) in [6.07, 6.45) is 3.56. The molecule has 18 heavy (non-hydrogen) atoms. The third kappa shape index (κ3) is 2.26. The molecule has 0 radical (unpaired) electrons. The van der Waals surface area contributed by atoms with E-state index in [2.05, 4.69) is 26.0 Å². The summed E-state index contributed by atoms with van der Waals surface area (Å²) in [5, 5.41) is 6.17. The maximum Gasteiger partial charge on any atom is 0.0839 e. The van der Waals surface area contributed by atoms with Crippen LogP contribution in [0, 0.1) is 0 Å². The molecule has 2 aromatic heterocycles. The van der Waals surface area contributed by atoms with Gasteiger partial charge in [-0.3, -0.25) is 9.67 Å². The van der Waals surface area contributed by atoms with Crippen LogP contribution in [0.3, 0.4) is 0 Å². The van der Waals surface area contributed by atoms with E-state index in [1.54, 1.807) is 12.3 Å². The van der Waals surface area contributed by atoms with Gasteiger partial charge >= 0.3 is 0 Å². The number of pyridine rings is 1. The molecule has 0 unspecified atom stereocenters. The van der Waals surface area contributed by atoms with Gasteiger partial charge in [0.15, 0.2) is 0 Å². The fraction of sp³-hybridized carbons (Fsp3) is 0.0769.